The first-order valence-corrected chi connectivity index (χ1v) is 13.5. The normalized spacial score (nSPS) is 20.0. The minimum atomic E-state index is -0.122. The van der Waals surface area contributed by atoms with E-state index in [-0.39, 0.29) is 23.5 Å². The van der Waals surface area contributed by atoms with E-state index in [2.05, 4.69) is 77.5 Å². The molecule has 38 heavy (non-hydrogen) atoms. The molecule has 0 spiro atoms. The molecule has 7 heteroatoms. The third-order valence-corrected chi connectivity index (χ3v) is 8.13. The zero-order chi connectivity index (χ0) is 27.0. The number of benzene rings is 2. The van der Waals surface area contributed by atoms with E-state index >= 15 is 0 Å². The Morgan fingerprint density at radius 3 is 2.61 bits per heavy atom. The number of aryl methyl sites for hydroxylation is 1. The number of nitrogens with zero attached hydrogens (tertiary/aromatic N) is 3. The summed E-state index contributed by atoms with van der Waals surface area (Å²) in [6.07, 6.45) is 4.45. The molecule has 196 valence electrons. The van der Waals surface area contributed by atoms with Crippen molar-refractivity contribution in [2.24, 2.45) is 0 Å². The van der Waals surface area contributed by atoms with Gasteiger partial charge >= 0.3 is 0 Å². The number of amides is 1. The van der Waals surface area contributed by atoms with Gasteiger partial charge in [0.25, 0.3) is 0 Å². The monoisotopic (exact) mass is 525 g/mol. The molecule has 0 aliphatic carbocycles. The lowest BCUT2D eigenvalue weighted by Gasteiger charge is -2.41. The second-order valence-corrected chi connectivity index (χ2v) is 11.1. The number of likely N-dealkylation sites (N-methyl/N-ethyl adjacent to an activating group) is 1. The minimum Gasteiger partial charge on any atom is -0.366 e. The van der Waals surface area contributed by atoms with Crippen LogP contribution in [-0.2, 0) is 4.79 Å². The highest BCUT2D eigenvalue weighted by molar-refractivity contribution is 7.80. The van der Waals surface area contributed by atoms with Gasteiger partial charge in [-0.15, -0.1) is 0 Å². The Kier molecular flexibility index (Phi) is 6.97. The molecule has 0 unspecified atom stereocenters. The molecule has 2 aliphatic heterocycles. The Morgan fingerprint density at radius 1 is 1.11 bits per heavy atom. The van der Waals surface area contributed by atoms with Crippen LogP contribution in [0.1, 0.15) is 61.7 Å². The van der Waals surface area contributed by atoms with Crippen molar-refractivity contribution >= 4 is 40.2 Å². The minimum absolute atomic E-state index is 0.0322. The van der Waals surface area contributed by atoms with Crippen LogP contribution in [0.25, 0.3) is 5.57 Å². The molecule has 0 saturated carbocycles. The Morgan fingerprint density at radius 2 is 1.87 bits per heavy atom. The summed E-state index contributed by atoms with van der Waals surface area (Å²) in [5.74, 6) is -0.0322. The number of allylic oxidation sites excluding steroid dienone is 1. The van der Waals surface area contributed by atoms with Crippen molar-refractivity contribution in [3.05, 3.63) is 95.3 Å². The van der Waals surface area contributed by atoms with Gasteiger partial charge < -0.3 is 20.4 Å². The van der Waals surface area contributed by atoms with E-state index in [4.69, 9.17) is 12.2 Å². The van der Waals surface area contributed by atoms with Crippen LogP contribution < -0.4 is 15.5 Å². The van der Waals surface area contributed by atoms with E-state index in [1.807, 2.05) is 55.6 Å². The smallest absolute Gasteiger partial charge is 0.226 e. The number of anilines is 2. The molecule has 3 aromatic rings. The average Bonchev–Trinajstić information content (AvgIpc) is 3.23. The number of para-hydroxylation sites is 1. The number of nitrogens with one attached hydrogen (secondary N) is 2. The van der Waals surface area contributed by atoms with Crippen LogP contribution in [0.4, 0.5) is 11.4 Å². The fourth-order valence-corrected chi connectivity index (χ4v) is 5.85. The Hall–Kier alpha value is -3.71. The van der Waals surface area contributed by atoms with Gasteiger partial charge in [0.05, 0.1) is 23.3 Å². The van der Waals surface area contributed by atoms with Gasteiger partial charge in [0.2, 0.25) is 5.91 Å². The summed E-state index contributed by atoms with van der Waals surface area (Å²) in [7, 11) is 2.14. The Balaban J connectivity index is 1.46. The summed E-state index contributed by atoms with van der Waals surface area (Å²) >= 11 is 5.83. The molecule has 6 nitrogen and oxygen atoms in total. The second kappa shape index (κ2) is 10.2. The fourth-order valence-electron chi connectivity index (χ4n) is 5.52. The summed E-state index contributed by atoms with van der Waals surface area (Å²) in [4.78, 5) is 22.0. The van der Waals surface area contributed by atoms with Gasteiger partial charge in [0, 0.05) is 43.1 Å². The second-order valence-electron chi connectivity index (χ2n) is 10.7. The first-order valence-electron chi connectivity index (χ1n) is 13.1. The molecular formula is C31H35N5OS. The van der Waals surface area contributed by atoms with E-state index < -0.39 is 0 Å². The van der Waals surface area contributed by atoms with Crippen molar-refractivity contribution in [2.45, 2.75) is 51.7 Å². The molecule has 5 rings (SSSR count). The molecule has 1 aromatic heterocycles. The lowest BCUT2D eigenvalue weighted by atomic mass is 9.86. The van der Waals surface area contributed by atoms with Gasteiger partial charge in [-0.2, -0.15) is 0 Å². The van der Waals surface area contributed by atoms with Gasteiger partial charge in [0.15, 0.2) is 5.11 Å². The summed E-state index contributed by atoms with van der Waals surface area (Å²) in [6, 6.07) is 20.2. The standard InChI is InChI=1S/C31H35N5OS/c1-20-10-6-7-11-24(20)33-27(37)15-17-36-29(28(34-30(36)38)25-12-8-9-16-32-25)22-13-14-26-23(18-22)21(2)19-31(3,4)35(26)5/h6-14,16,18-19,28-29H,15,17H2,1-5H3,(H,33,37)(H,34,38)/t28-,29-/m0/s1. The SMILES string of the molecule is CC1=CC(C)(C)N(C)c2ccc([C@H]3[C@H](c4ccccn4)NC(=S)N3CCC(=O)Nc3ccccc3C)cc21. The van der Waals surface area contributed by atoms with Gasteiger partial charge in [-0.3, -0.25) is 9.78 Å². The summed E-state index contributed by atoms with van der Waals surface area (Å²) in [6.45, 7) is 9.13. The topological polar surface area (TPSA) is 60.5 Å². The quantitative estimate of drug-likeness (QED) is 0.384. The number of carbonyl (C=O) groups is 1. The molecule has 3 heterocycles. The van der Waals surface area contributed by atoms with Crippen LogP contribution in [0.2, 0.25) is 0 Å². The molecule has 2 atom stereocenters. The first-order chi connectivity index (χ1) is 18.2. The van der Waals surface area contributed by atoms with E-state index in [0.29, 0.717) is 18.1 Å². The molecule has 1 fully saturated rings. The van der Waals surface area contributed by atoms with E-state index in [1.54, 1.807) is 0 Å². The number of hydrogen-bond donors (Lipinski definition) is 2. The van der Waals surface area contributed by atoms with Crippen molar-refractivity contribution in [1.82, 2.24) is 15.2 Å². The highest BCUT2D eigenvalue weighted by atomic mass is 32.1. The van der Waals surface area contributed by atoms with Crippen molar-refractivity contribution in [2.75, 3.05) is 23.8 Å². The maximum atomic E-state index is 12.9. The maximum absolute atomic E-state index is 12.9. The van der Waals surface area contributed by atoms with Crippen LogP contribution in [0, 0.1) is 6.92 Å². The maximum Gasteiger partial charge on any atom is 0.226 e. The number of carbonyl (C=O) groups excluding carboxylic acids is 1. The van der Waals surface area contributed by atoms with Gasteiger partial charge in [0.1, 0.15) is 0 Å². The first kappa shape index (κ1) is 25.9. The molecule has 2 aromatic carbocycles. The van der Waals surface area contributed by atoms with Crippen molar-refractivity contribution in [1.29, 1.82) is 0 Å². The average molecular weight is 526 g/mol. The third kappa shape index (κ3) is 4.90. The molecule has 2 aliphatic rings. The molecule has 0 radical (unpaired) electrons. The lowest BCUT2D eigenvalue weighted by Crippen LogP contribution is -2.42. The van der Waals surface area contributed by atoms with Crippen molar-refractivity contribution in [3.8, 4) is 0 Å². The molecule has 1 amide bonds. The summed E-state index contributed by atoms with van der Waals surface area (Å²) < 4.78 is 0. The highest BCUT2D eigenvalue weighted by Crippen LogP contribution is 2.43. The van der Waals surface area contributed by atoms with E-state index in [1.165, 1.54) is 16.8 Å². The molecule has 2 N–H and O–H groups in total. The fraction of sp³-hybridized carbons (Fsp3) is 0.323. The number of thiocarbonyl (C=S) groups is 1. The van der Waals surface area contributed by atoms with Crippen LogP contribution in [0.15, 0.2) is 72.9 Å². The van der Waals surface area contributed by atoms with Crippen molar-refractivity contribution < 1.29 is 4.79 Å². The van der Waals surface area contributed by atoms with E-state index in [9.17, 15) is 4.79 Å². The van der Waals surface area contributed by atoms with Crippen molar-refractivity contribution in [3.63, 3.8) is 0 Å². The predicted octanol–water partition coefficient (Wildman–Crippen LogP) is 6.02. The van der Waals surface area contributed by atoms with E-state index in [0.717, 1.165) is 22.5 Å². The number of aromatic nitrogens is 1. The lowest BCUT2D eigenvalue weighted by molar-refractivity contribution is -0.116. The zero-order valence-corrected chi connectivity index (χ0v) is 23.5. The van der Waals surface area contributed by atoms with Crippen LogP contribution in [-0.4, -0.2) is 40.0 Å². The Bertz CT molecular complexity index is 1400. The van der Waals surface area contributed by atoms with Crippen LogP contribution >= 0.6 is 12.2 Å². The number of rotatable bonds is 6. The summed E-state index contributed by atoms with van der Waals surface area (Å²) in [5.41, 5.74) is 7.59. The van der Waals surface area contributed by atoms with Crippen LogP contribution in [0.5, 0.6) is 0 Å². The third-order valence-electron chi connectivity index (χ3n) is 7.78. The van der Waals surface area contributed by atoms with Gasteiger partial charge in [-0.1, -0.05) is 36.4 Å². The van der Waals surface area contributed by atoms with Crippen LogP contribution in [0.3, 0.4) is 0 Å². The zero-order valence-electron chi connectivity index (χ0n) is 22.7. The summed E-state index contributed by atoms with van der Waals surface area (Å²) in [5, 5.41) is 7.19. The number of hydrogen-bond acceptors (Lipinski definition) is 4. The number of pyridine rings is 1. The molecule has 1 saturated heterocycles. The predicted molar refractivity (Wildman–Crippen MR) is 159 cm³/mol. The van der Waals surface area contributed by atoms with Gasteiger partial charge in [-0.25, -0.2) is 0 Å². The number of fused-ring (bicyclic) bond motifs is 1. The molecular weight excluding hydrogens is 490 g/mol. The Labute approximate surface area is 230 Å². The largest absolute Gasteiger partial charge is 0.366 e. The molecule has 0 bridgehead atoms. The highest BCUT2D eigenvalue weighted by Gasteiger charge is 2.40. The van der Waals surface area contributed by atoms with Gasteiger partial charge in [-0.05, 0) is 86.9 Å².